The Kier molecular flexibility index (Phi) is 4.74. The third-order valence-corrected chi connectivity index (χ3v) is 6.22. The van der Waals surface area contributed by atoms with Crippen LogP contribution in [0.25, 0.3) is 33.5 Å². The number of aromatic nitrogens is 5. The average Bonchev–Trinajstić information content (AvgIpc) is 3.19. The predicted octanol–water partition coefficient (Wildman–Crippen LogP) is 3.97. The molecule has 0 spiro atoms. The summed E-state index contributed by atoms with van der Waals surface area (Å²) in [6, 6.07) is 13.2. The number of anilines is 1. The van der Waals surface area contributed by atoms with E-state index < -0.39 is 11.4 Å². The van der Waals surface area contributed by atoms with Gasteiger partial charge in [-0.2, -0.15) is 4.98 Å². The van der Waals surface area contributed by atoms with Gasteiger partial charge in [0.25, 0.3) is 5.56 Å². The zero-order valence-corrected chi connectivity index (χ0v) is 18.1. The van der Waals surface area contributed by atoms with Crippen molar-refractivity contribution in [3.8, 4) is 5.69 Å². The van der Waals surface area contributed by atoms with Crippen LogP contribution in [-0.4, -0.2) is 43.4 Å². The first-order chi connectivity index (χ1) is 16.1. The van der Waals surface area contributed by atoms with Gasteiger partial charge in [0.2, 0.25) is 11.4 Å². The van der Waals surface area contributed by atoms with Crippen molar-refractivity contribution in [3.05, 3.63) is 69.7 Å². The maximum absolute atomic E-state index is 14.2. The molecule has 1 aliphatic rings. The lowest BCUT2D eigenvalue weighted by Crippen LogP contribution is -2.28. The highest BCUT2D eigenvalue weighted by atomic mass is 35.5. The summed E-state index contributed by atoms with van der Waals surface area (Å²) >= 11 is 6.43. The van der Waals surface area contributed by atoms with E-state index in [4.69, 9.17) is 16.3 Å². The van der Waals surface area contributed by atoms with E-state index in [0.29, 0.717) is 52.2 Å². The van der Waals surface area contributed by atoms with Gasteiger partial charge in [-0.25, -0.2) is 8.96 Å². The molecule has 8 nitrogen and oxygen atoms in total. The lowest BCUT2D eigenvalue weighted by Gasteiger charge is -2.23. The molecule has 6 rings (SSSR count). The Bertz CT molecular complexity index is 1590. The van der Waals surface area contributed by atoms with Crippen LogP contribution in [0.2, 0.25) is 5.02 Å². The molecular formula is C23H18ClFN6O2. The molecule has 1 aliphatic heterocycles. The minimum Gasteiger partial charge on any atom is -0.381 e. The molecule has 1 N–H and O–H groups in total. The molecule has 0 aliphatic carbocycles. The van der Waals surface area contributed by atoms with Crippen molar-refractivity contribution in [1.29, 1.82) is 0 Å². The number of benzene rings is 2. The summed E-state index contributed by atoms with van der Waals surface area (Å²) in [7, 11) is 0. The maximum Gasteiger partial charge on any atom is 0.267 e. The van der Waals surface area contributed by atoms with Crippen LogP contribution < -0.4 is 10.9 Å². The topological polar surface area (TPSA) is 86.3 Å². The van der Waals surface area contributed by atoms with Crippen LogP contribution >= 0.6 is 11.6 Å². The summed E-state index contributed by atoms with van der Waals surface area (Å²) in [5.74, 6) is 0.414. The first-order valence-electron chi connectivity index (χ1n) is 10.6. The van der Waals surface area contributed by atoms with E-state index in [1.165, 1.54) is 16.7 Å². The monoisotopic (exact) mass is 464 g/mol. The summed E-state index contributed by atoms with van der Waals surface area (Å²) < 4.78 is 22.8. The van der Waals surface area contributed by atoms with Crippen molar-refractivity contribution >= 4 is 45.3 Å². The van der Waals surface area contributed by atoms with Gasteiger partial charge in [0.1, 0.15) is 5.82 Å². The molecule has 1 fully saturated rings. The maximum atomic E-state index is 14.2. The third-order valence-electron chi connectivity index (χ3n) is 5.90. The fourth-order valence-corrected chi connectivity index (χ4v) is 4.54. The van der Waals surface area contributed by atoms with Crippen LogP contribution in [0.5, 0.6) is 0 Å². The molecule has 0 unspecified atom stereocenters. The standard InChI is InChI=1S/C23H18ClFN6O2/c24-16-3-1-2-4-18(16)31-22(32)15-11-13(25)5-6-17(15)30-19-12-20(26-14-7-9-33-10-8-14)28-29-21(19)27-23(30)31/h1-6,11-12,14H,7-10H2,(H,26,28). The summed E-state index contributed by atoms with van der Waals surface area (Å²) in [5, 5.41) is 12.6. The molecular weight excluding hydrogens is 447 g/mol. The molecule has 2 aromatic carbocycles. The molecule has 0 atom stereocenters. The Labute approximate surface area is 191 Å². The third kappa shape index (κ3) is 3.32. The van der Waals surface area contributed by atoms with Gasteiger partial charge in [-0.3, -0.25) is 9.20 Å². The van der Waals surface area contributed by atoms with E-state index >= 15 is 0 Å². The fourth-order valence-electron chi connectivity index (χ4n) is 4.32. The summed E-state index contributed by atoms with van der Waals surface area (Å²) in [6.07, 6.45) is 1.75. The van der Waals surface area contributed by atoms with Gasteiger partial charge in [-0.15, -0.1) is 10.2 Å². The molecule has 0 radical (unpaired) electrons. The molecule has 10 heteroatoms. The van der Waals surface area contributed by atoms with E-state index in [0.717, 1.165) is 12.8 Å². The van der Waals surface area contributed by atoms with E-state index in [1.807, 2.05) is 6.07 Å². The number of nitrogens with one attached hydrogen (secondary N) is 1. The molecule has 4 heterocycles. The van der Waals surface area contributed by atoms with Crippen LogP contribution in [0.3, 0.4) is 0 Å². The zero-order chi connectivity index (χ0) is 22.5. The van der Waals surface area contributed by atoms with E-state index in [1.54, 1.807) is 34.7 Å². The van der Waals surface area contributed by atoms with Gasteiger partial charge in [-0.05, 0) is 43.2 Å². The van der Waals surface area contributed by atoms with E-state index in [-0.39, 0.29) is 11.4 Å². The van der Waals surface area contributed by atoms with Crippen molar-refractivity contribution in [2.45, 2.75) is 18.9 Å². The second-order valence-electron chi connectivity index (χ2n) is 7.97. The van der Waals surface area contributed by atoms with Crippen LogP contribution in [0.4, 0.5) is 10.2 Å². The normalized spacial score (nSPS) is 15.0. The van der Waals surface area contributed by atoms with Crippen LogP contribution in [0, 0.1) is 5.82 Å². The number of para-hydroxylation sites is 1. The van der Waals surface area contributed by atoms with Gasteiger partial charge in [0.05, 0.1) is 27.1 Å². The number of imidazole rings is 1. The molecule has 0 saturated carbocycles. The lowest BCUT2D eigenvalue weighted by atomic mass is 10.1. The number of halogens is 2. The first-order valence-corrected chi connectivity index (χ1v) is 11.0. The Balaban J connectivity index is 1.66. The molecule has 0 amide bonds. The molecule has 166 valence electrons. The first kappa shape index (κ1) is 20.1. The average molecular weight is 465 g/mol. The number of rotatable bonds is 3. The van der Waals surface area contributed by atoms with Gasteiger partial charge in [-0.1, -0.05) is 23.7 Å². The SMILES string of the molecule is O=c1c2cc(F)ccc2n2c3cc(NC4CCOCC4)nnc3nc2n1-c1ccccc1Cl. The Hall–Kier alpha value is -3.56. The molecule has 0 bridgehead atoms. The van der Waals surface area contributed by atoms with Crippen molar-refractivity contribution < 1.29 is 9.13 Å². The predicted molar refractivity (Wildman–Crippen MR) is 124 cm³/mol. The van der Waals surface area contributed by atoms with Gasteiger partial charge in [0, 0.05) is 25.3 Å². The largest absolute Gasteiger partial charge is 0.381 e. The number of hydrogen-bond donors (Lipinski definition) is 1. The summed E-state index contributed by atoms with van der Waals surface area (Å²) in [6.45, 7) is 1.40. The van der Waals surface area contributed by atoms with Gasteiger partial charge in [0.15, 0.2) is 5.82 Å². The number of nitrogens with zero attached hydrogens (tertiary/aromatic N) is 5. The van der Waals surface area contributed by atoms with Crippen LogP contribution in [0.1, 0.15) is 12.8 Å². The van der Waals surface area contributed by atoms with Crippen LogP contribution in [0.15, 0.2) is 53.3 Å². The van der Waals surface area contributed by atoms with Crippen molar-refractivity contribution in [2.24, 2.45) is 0 Å². The van der Waals surface area contributed by atoms with Crippen molar-refractivity contribution in [2.75, 3.05) is 18.5 Å². The molecule has 1 saturated heterocycles. The number of fused-ring (bicyclic) bond motifs is 5. The van der Waals surface area contributed by atoms with Gasteiger partial charge < -0.3 is 10.1 Å². The minimum absolute atomic E-state index is 0.206. The lowest BCUT2D eigenvalue weighted by molar-refractivity contribution is 0.0904. The molecule has 33 heavy (non-hydrogen) atoms. The Morgan fingerprint density at radius 1 is 1.06 bits per heavy atom. The Morgan fingerprint density at radius 3 is 2.70 bits per heavy atom. The van der Waals surface area contributed by atoms with Crippen molar-refractivity contribution in [3.63, 3.8) is 0 Å². The highest BCUT2D eigenvalue weighted by molar-refractivity contribution is 6.32. The second-order valence-corrected chi connectivity index (χ2v) is 8.38. The summed E-state index contributed by atoms with van der Waals surface area (Å²) in [4.78, 5) is 18.1. The minimum atomic E-state index is -0.504. The van der Waals surface area contributed by atoms with Gasteiger partial charge >= 0.3 is 0 Å². The van der Waals surface area contributed by atoms with E-state index in [9.17, 15) is 9.18 Å². The number of hydrogen-bond acceptors (Lipinski definition) is 6. The fraction of sp³-hybridized carbons (Fsp3) is 0.217. The smallest absolute Gasteiger partial charge is 0.267 e. The highest BCUT2D eigenvalue weighted by Gasteiger charge is 2.21. The summed E-state index contributed by atoms with van der Waals surface area (Å²) in [5.41, 5.74) is 1.56. The van der Waals surface area contributed by atoms with Crippen LogP contribution in [-0.2, 0) is 4.74 Å². The van der Waals surface area contributed by atoms with Crippen molar-refractivity contribution in [1.82, 2.24) is 24.1 Å². The highest BCUT2D eigenvalue weighted by Crippen LogP contribution is 2.27. The molecule has 3 aromatic heterocycles. The molecule has 5 aromatic rings. The van der Waals surface area contributed by atoms with E-state index in [2.05, 4.69) is 20.5 Å². The second kappa shape index (κ2) is 7.79. The Morgan fingerprint density at radius 2 is 1.88 bits per heavy atom. The quantitative estimate of drug-likeness (QED) is 0.435. The zero-order valence-electron chi connectivity index (χ0n) is 17.3. The number of ether oxygens (including phenoxy) is 1.